The summed E-state index contributed by atoms with van der Waals surface area (Å²) in [6, 6.07) is 10.5. The number of likely N-dealkylation sites (N-methyl/N-ethyl adjacent to an activating group) is 1. The first-order valence-corrected chi connectivity index (χ1v) is 7.51. The number of halogens is 2. The van der Waals surface area contributed by atoms with Crippen molar-refractivity contribution in [3.05, 3.63) is 65.4 Å². The zero-order chi connectivity index (χ0) is 17.3. The summed E-state index contributed by atoms with van der Waals surface area (Å²) in [6.07, 6.45) is 0.0710. The normalized spacial score (nSPS) is 12.3. The molecule has 0 saturated heterocycles. The van der Waals surface area contributed by atoms with E-state index in [4.69, 9.17) is 4.52 Å². The molecule has 1 atom stereocenters. The summed E-state index contributed by atoms with van der Waals surface area (Å²) < 4.78 is 31.6. The molecule has 4 nitrogen and oxygen atoms in total. The van der Waals surface area contributed by atoms with E-state index in [0.717, 1.165) is 17.5 Å². The Morgan fingerprint density at radius 3 is 2.71 bits per heavy atom. The number of amides is 1. The van der Waals surface area contributed by atoms with Gasteiger partial charge in [0.25, 0.3) is 0 Å². The zero-order valence-corrected chi connectivity index (χ0v) is 13.3. The Balaban J connectivity index is 1.77. The second-order valence-electron chi connectivity index (χ2n) is 5.66. The van der Waals surface area contributed by atoms with Gasteiger partial charge in [-0.05, 0) is 36.8 Å². The number of carbonyl (C=O) groups is 1. The van der Waals surface area contributed by atoms with Gasteiger partial charge in [0.15, 0.2) is 17.2 Å². The van der Waals surface area contributed by atoms with Crippen molar-refractivity contribution in [2.45, 2.75) is 19.4 Å². The summed E-state index contributed by atoms with van der Waals surface area (Å²) in [6.45, 7) is 1.76. The van der Waals surface area contributed by atoms with Crippen LogP contribution < -0.4 is 0 Å². The molecule has 1 unspecified atom stereocenters. The Bertz CT molecular complexity index is 892. The van der Waals surface area contributed by atoms with Gasteiger partial charge in [0, 0.05) is 12.4 Å². The van der Waals surface area contributed by atoms with Gasteiger partial charge in [-0.25, -0.2) is 8.78 Å². The summed E-state index contributed by atoms with van der Waals surface area (Å²) >= 11 is 0. The summed E-state index contributed by atoms with van der Waals surface area (Å²) in [7, 11) is 1.62. The molecule has 0 bridgehead atoms. The number of hydrogen-bond donors (Lipinski definition) is 0. The minimum Gasteiger partial charge on any atom is -0.356 e. The van der Waals surface area contributed by atoms with Gasteiger partial charge in [-0.15, -0.1) is 0 Å². The second-order valence-corrected chi connectivity index (χ2v) is 5.66. The highest BCUT2D eigenvalue weighted by Gasteiger charge is 2.21. The molecule has 1 aromatic heterocycles. The van der Waals surface area contributed by atoms with Gasteiger partial charge in [0.1, 0.15) is 5.69 Å². The number of aromatic nitrogens is 1. The first-order chi connectivity index (χ1) is 11.5. The largest absolute Gasteiger partial charge is 0.356 e. The fraction of sp³-hybridized carbons (Fsp3) is 0.222. The molecule has 2 aromatic carbocycles. The van der Waals surface area contributed by atoms with E-state index in [1.165, 1.54) is 11.0 Å². The molecule has 0 aliphatic heterocycles. The number of carbonyl (C=O) groups excluding carboxylic acids is 1. The zero-order valence-electron chi connectivity index (χ0n) is 13.3. The highest BCUT2D eigenvalue weighted by Crippen LogP contribution is 2.23. The standard InChI is InChI=1S/C18H16F2N2O2/c1-11(12-7-8-14(19)15(20)9-12)22(2)18(23)10-16-13-5-3-4-6-17(13)24-21-16/h3-9,11H,10H2,1-2H3. The molecule has 1 amide bonds. The topological polar surface area (TPSA) is 46.3 Å². The van der Waals surface area contributed by atoms with Crippen molar-refractivity contribution < 1.29 is 18.1 Å². The van der Waals surface area contributed by atoms with Crippen LogP contribution in [0.2, 0.25) is 0 Å². The van der Waals surface area contributed by atoms with Crippen LogP contribution in [0.15, 0.2) is 47.0 Å². The van der Waals surface area contributed by atoms with Gasteiger partial charge in [-0.1, -0.05) is 23.4 Å². The van der Waals surface area contributed by atoms with Crippen LogP contribution in [0.5, 0.6) is 0 Å². The fourth-order valence-corrected chi connectivity index (χ4v) is 2.55. The van der Waals surface area contributed by atoms with Crippen LogP contribution in [0, 0.1) is 11.6 Å². The molecule has 1 heterocycles. The number of benzene rings is 2. The van der Waals surface area contributed by atoms with E-state index < -0.39 is 17.7 Å². The predicted octanol–water partition coefficient (Wildman–Crippen LogP) is 3.87. The Morgan fingerprint density at radius 1 is 1.21 bits per heavy atom. The smallest absolute Gasteiger partial charge is 0.228 e. The third kappa shape index (κ3) is 2.99. The van der Waals surface area contributed by atoms with E-state index >= 15 is 0 Å². The van der Waals surface area contributed by atoms with E-state index in [2.05, 4.69) is 5.16 Å². The molecular weight excluding hydrogens is 314 g/mol. The third-order valence-electron chi connectivity index (χ3n) is 4.17. The quantitative estimate of drug-likeness (QED) is 0.729. The average Bonchev–Trinajstić information content (AvgIpc) is 2.99. The van der Waals surface area contributed by atoms with Crippen molar-refractivity contribution in [1.82, 2.24) is 10.1 Å². The second kappa shape index (κ2) is 6.39. The van der Waals surface area contributed by atoms with Crippen LogP contribution in [0.4, 0.5) is 8.78 Å². The van der Waals surface area contributed by atoms with Gasteiger partial charge >= 0.3 is 0 Å². The molecule has 0 aliphatic carbocycles. The summed E-state index contributed by atoms with van der Waals surface area (Å²) in [5.74, 6) is -2.03. The maximum Gasteiger partial charge on any atom is 0.228 e. The number of hydrogen-bond acceptors (Lipinski definition) is 3. The minimum absolute atomic E-state index is 0.0710. The van der Waals surface area contributed by atoms with Gasteiger partial charge in [-0.3, -0.25) is 4.79 Å². The molecule has 0 radical (unpaired) electrons. The molecule has 0 saturated carbocycles. The van der Waals surface area contributed by atoms with Crippen molar-refractivity contribution in [3.8, 4) is 0 Å². The Kier molecular flexibility index (Phi) is 4.29. The number of rotatable bonds is 4. The van der Waals surface area contributed by atoms with Crippen molar-refractivity contribution >= 4 is 16.9 Å². The Morgan fingerprint density at radius 2 is 1.96 bits per heavy atom. The molecule has 24 heavy (non-hydrogen) atoms. The van der Waals surface area contributed by atoms with E-state index in [1.54, 1.807) is 20.0 Å². The molecule has 0 fully saturated rings. The lowest BCUT2D eigenvalue weighted by atomic mass is 10.1. The maximum absolute atomic E-state index is 13.4. The van der Waals surface area contributed by atoms with Crippen LogP contribution in [-0.4, -0.2) is 23.0 Å². The molecule has 0 N–H and O–H groups in total. The lowest BCUT2D eigenvalue weighted by molar-refractivity contribution is -0.131. The van der Waals surface area contributed by atoms with Gasteiger partial charge < -0.3 is 9.42 Å². The van der Waals surface area contributed by atoms with Gasteiger partial charge in [0.2, 0.25) is 5.91 Å². The van der Waals surface area contributed by atoms with E-state index in [0.29, 0.717) is 16.8 Å². The highest BCUT2D eigenvalue weighted by atomic mass is 19.2. The van der Waals surface area contributed by atoms with Gasteiger partial charge in [-0.2, -0.15) is 0 Å². The van der Waals surface area contributed by atoms with E-state index in [9.17, 15) is 13.6 Å². The monoisotopic (exact) mass is 330 g/mol. The minimum atomic E-state index is -0.928. The lowest BCUT2D eigenvalue weighted by Crippen LogP contribution is -2.31. The molecule has 0 aliphatic rings. The van der Waals surface area contributed by atoms with Crippen molar-refractivity contribution in [1.29, 1.82) is 0 Å². The Hall–Kier alpha value is -2.76. The fourth-order valence-electron chi connectivity index (χ4n) is 2.55. The summed E-state index contributed by atoms with van der Waals surface area (Å²) in [5, 5.41) is 4.73. The maximum atomic E-state index is 13.4. The summed E-state index contributed by atoms with van der Waals surface area (Å²) in [5.41, 5.74) is 1.70. The predicted molar refractivity (Wildman–Crippen MR) is 85.3 cm³/mol. The molecule has 3 rings (SSSR count). The first-order valence-electron chi connectivity index (χ1n) is 7.51. The van der Waals surface area contributed by atoms with Crippen molar-refractivity contribution in [2.75, 3.05) is 7.05 Å². The molecule has 6 heteroatoms. The molecule has 124 valence electrons. The Labute approximate surface area is 137 Å². The number of fused-ring (bicyclic) bond motifs is 1. The van der Waals surface area contributed by atoms with Crippen LogP contribution in [0.3, 0.4) is 0 Å². The van der Waals surface area contributed by atoms with Crippen LogP contribution in [0.25, 0.3) is 11.0 Å². The molecular formula is C18H16F2N2O2. The van der Waals surface area contributed by atoms with Crippen LogP contribution in [0.1, 0.15) is 24.2 Å². The third-order valence-corrected chi connectivity index (χ3v) is 4.17. The van der Waals surface area contributed by atoms with Crippen molar-refractivity contribution in [3.63, 3.8) is 0 Å². The van der Waals surface area contributed by atoms with Gasteiger partial charge in [0.05, 0.1) is 12.5 Å². The van der Waals surface area contributed by atoms with Crippen LogP contribution >= 0.6 is 0 Å². The average molecular weight is 330 g/mol. The van der Waals surface area contributed by atoms with Crippen molar-refractivity contribution in [2.24, 2.45) is 0 Å². The number of para-hydroxylation sites is 1. The highest BCUT2D eigenvalue weighted by molar-refractivity contribution is 5.86. The SMILES string of the molecule is CC(c1ccc(F)c(F)c1)N(C)C(=O)Cc1noc2ccccc12. The molecule has 0 spiro atoms. The van der Waals surface area contributed by atoms with Crippen LogP contribution in [-0.2, 0) is 11.2 Å². The summed E-state index contributed by atoms with van der Waals surface area (Å²) in [4.78, 5) is 14.0. The van der Waals surface area contributed by atoms with E-state index in [1.807, 2.05) is 18.2 Å². The number of nitrogens with zero attached hydrogens (tertiary/aromatic N) is 2. The first kappa shape index (κ1) is 16.1. The lowest BCUT2D eigenvalue weighted by Gasteiger charge is -2.25. The van der Waals surface area contributed by atoms with E-state index in [-0.39, 0.29) is 12.3 Å². The molecule has 3 aromatic rings.